The van der Waals surface area contributed by atoms with Crippen LogP contribution in [0.5, 0.6) is 0 Å². The summed E-state index contributed by atoms with van der Waals surface area (Å²) in [6.45, 7) is 1.28. The predicted octanol–water partition coefficient (Wildman–Crippen LogP) is 3.90. The number of anilines is 2. The molecular weight excluding hydrogens is 315 g/mol. The zero-order valence-electron chi connectivity index (χ0n) is 12.9. The van der Waals surface area contributed by atoms with Gasteiger partial charge in [-0.2, -0.15) is 11.8 Å². The largest absolute Gasteiger partial charge is 0.324 e. The van der Waals surface area contributed by atoms with Gasteiger partial charge in [-0.25, -0.2) is 4.39 Å². The predicted molar refractivity (Wildman–Crippen MR) is 92.3 cm³/mol. The molecule has 0 heterocycles. The minimum absolute atomic E-state index is 0.0135. The van der Waals surface area contributed by atoms with Crippen molar-refractivity contribution in [1.82, 2.24) is 0 Å². The molecule has 0 unspecified atom stereocenters. The Morgan fingerprint density at radius 3 is 2.39 bits per heavy atom. The first-order valence-corrected chi connectivity index (χ1v) is 8.35. The molecule has 0 spiro atoms. The van der Waals surface area contributed by atoms with E-state index in [9.17, 15) is 14.0 Å². The van der Waals surface area contributed by atoms with Crippen molar-refractivity contribution in [2.24, 2.45) is 0 Å². The topological polar surface area (TPSA) is 58.2 Å². The molecule has 0 aliphatic heterocycles. The van der Waals surface area contributed by atoms with Gasteiger partial charge in [-0.1, -0.05) is 12.1 Å². The van der Waals surface area contributed by atoms with Gasteiger partial charge in [0.2, 0.25) is 5.91 Å². The van der Waals surface area contributed by atoms with Crippen molar-refractivity contribution >= 4 is 35.0 Å². The van der Waals surface area contributed by atoms with Gasteiger partial charge in [-0.3, -0.25) is 9.59 Å². The highest BCUT2D eigenvalue weighted by molar-refractivity contribution is 7.97. The van der Waals surface area contributed by atoms with Crippen LogP contribution in [0.15, 0.2) is 42.5 Å². The fraction of sp³-hybridized carbons (Fsp3) is 0.176. The number of benzene rings is 2. The molecule has 0 radical (unpaired) electrons. The van der Waals surface area contributed by atoms with Crippen molar-refractivity contribution < 1.29 is 14.0 Å². The van der Waals surface area contributed by atoms with Gasteiger partial charge in [0.25, 0.3) is 5.91 Å². The summed E-state index contributed by atoms with van der Waals surface area (Å²) < 4.78 is 13.6. The SMILES string of the molecule is CSCc1ccc(NC(=O)c2ccc(F)c(NC(C)=O)c2)cc1. The van der Waals surface area contributed by atoms with Crippen LogP contribution in [-0.2, 0) is 10.5 Å². The van der Waals surface area contributed by atoms with Crippen molar-refractivity contribution in [3.63, 3.8) is 0 Å². The molecular formula is C17H17FN2O2S. The van der Waals surface area contributed by atoms with Crippen LogP contribution in [0.1, 0.15) is 22.8 Å². The maximum atomic E-state index is 13.6. The first-order valence-electron chi connectivity index (χ1n) is 6.96. The number of hydrogen-bond acceptors (Lipinski definition) is 3. The summed E-state index contributed by atoms with van der Waals surface area (Å²) in [6, 6.07) is 11.4. The van der Waals surface area contributed by atoms with Crippen LogP contribution in [0.4, 0.5) is 15.8 Å². The molecule has 2 amide bonds. The summed E-state index contributed by atoms with van der Waals surface area (Å²) in [4.78, 5) is 23.3. The summed E-state index contributed by atoms with van der Waals surface area (Å²) in [5.41, 5.74) is 2.08. The minimum atomic E-state index is -0.585. The monoisotopic (exact) mass is 332 g/mol. The zero-order chi connectivity index (χ0) is 16.8. The first kappa shape index (κ1) is 17.0. The lowest BCUT2D eigenvalue weighted by atomic mass is 10.1. The molecule has 0 aliphatic carbocycles. The Hall–Kier alpha value is -2.34. The van der Waals surface area contributed by atoms with Gasteiger partial charge in [0.15, 0.2) is 0 Å². The van der Waals surface area contributed by atoms with E-state index >= 15 is 0 Å². The molecule has 23 heavy (non-hydrogen) atoms. The highest BCUT2D eigenvalue weighted by atomic mass is 32.2. The Bertz CT molecular complexity index is 717. The smallest absolute Gasteiger partial charge is 0.255 e. The van der Waals surface area contributed by atoms with E-state index in [0.29, 0.717) is 5.69 Å². The van der Waals surface area contributed by atoms with Crippen LogP contribution >= 0.6 is 11.8 Å². The number of thioether (sulfide) groups is 1. The summed E-state index contributed by atoms with van der Waals surface area (Å²) in [6.07, 6.45) is 2.02. The normalized spacial score (nSPS) is 10.2. The average molecular weight is 332 g/mol. The third kappa shape index (κ3) is 4.82. The second-order valence-electron chi connectivity index (χ2n) is 4.96. The minimum Gasteiger partial charge on any atom is -0.324 e. The van der Waals surface area contributed by atoms with E-state index in [-0.39, 0.29) is 17.2 Å². The standard InChI is InChI=1S/C17H17FN2O2S/c1-11(21)19-16-9-13(5-8-15(16)18)17(22)20-14-6-3-12(4-7-14)10-23-2/h3-9H,10H2,1-2H3,(H,19,21)(H,20,22). The number of nitrogens with one attached hydrogen (secondary N) is 2. The third-order valence-corrected chi connectivity index (χ3v) is 3.68. The number of rotatable bonds is 5. The summed E-state index contributed by atoms with van der Waals surface area (Å²) in [5.74, 6) is -0.440. The van der Waals surface area contributed by atoms with E-state index in [4.69, 9.17) is 0 Å². The Morgan fingerprint density at radius 1 is 1.09 bits per heavy atom. The Morgan fingerprint density at radius 2 is 1.78 bits per heavy atom. The summed E-state index contributed by atoms with van der Waals surface area (Å²) in [5, 5.41) is 5.10. The molecule has 0 saturated heterocycles. The lowest BCUT2D eigenvalue weighted by Gasteiger charge is -2.09. The fourth-order valence-corrected chi connectivity index (χ4v) is 2.53. The van der Waals surface area contributed by atoms with Gasteiger partial charge >= 0.3 is 0 Å². The van der Waals surface area contributed by atoms with Crippen molar-refractivity contribution in [3.05, 3.63) is 59.4 Å². The van der Waals surface area contributed by atoms with E-state index in [1.165, 1.54) is 24.6 Å². The van der Waals surface area contributed by atoms with Crippen molar-refractivity contribution in [1.29, 1.82) is 0 Å². The van der Waals surface area contributed by atoms with Crippen LogP contribution < -0.4 is 10.6 Å². The Kier molecular flexibility index (Phi) is 5.76. The molecule has 2 aromatic carbocycles. The van der Waals surface area contributed by atoms with E-state index < -0.39 is 11.7 Å². The molecule has 2 N–H and O–H groups in total. The molecule has 0 aromatic heterocycles. The van der Waals surface area contributed by atoms with E-state index in [1.54, 1.807) is 11.8 Å². The zero-order valence-corrected chi connectivity index (χ0v) is 13.7. The molecule has 0 fully saturated rings. The Balaban J connectivity index is 2.12. The highest BCUT2D eigenvalue weighted by Crippen LogP contribution is 2.18. The van der Waals surface area contributed by atoms with Crippen molar-refractivity contribution in [2.75, 3.05) is 16.9 Å². The van der Waals surface area contributed by atoms with Crippen LogP contribution in [0.25, 0.3) is 0 Å². The number of amides is 2. The molecule has 0 aliphatic rings. The fourth-order valence-electron chi connectivity index (χ4n) is 2.01. The van der Waals surface area contributed by atoms with Gasteiger partial charge in [0, 0.05) is 23.9 Å². The molecule has 0 atom stereocenters. The van der Waals surface area contributed by atoms with Crippen LogP contribution in [-0.4, -0.2) is 18.1 Å². The average Bonchev–Trinajstić information content (AvgIpc) is 2.51. The Labute approximate surface area is 138 Å². The van der Waals surface area contributed by atoms with Crippen LogP contribution in [0.3, 0.4) is 0 Å². The van der Waals surface area contributed by atoms with Gasteiger partial charge < -0.3 is 10.6 Å². The quantitative estimate of drug-likeness (QED) is 0.873. The third-order valence-electron chi connectivity index (χ3n) is 3.06. The lowest BCUT2D eigenvalue weighted by Crippen LogP contribution is -2.14. The van der Waals surface area contributed by atoms with Crippen LogP contribution in [0, 0.1) is 5.82 Å². The number of carbonyl (C=O) groups is 2. The number of hydrogen-bond donors (Lipinski definition) is 2. The summed E-state index contributed by atoms with van der Waals surface area (Å²) in [7, 11) is 0. The molecule has 0 bridgehead atoms. The van der Waals surface area contributed by atoms with E-state index in [0.717, 1.165) is 11.8 Å². The maximum Gasteiger partial charge on any atom is 0.255 e. The van der Waals surface area contributed by atoms with E-state index in [2.05, 4.69) is 10.6 Å². The van der Waals surface area contributed by atoms with Crippen molar-refractivity contribution in [2.45, 2.75) is 12.7 Å². The first-order chi connectivity index (χ1) is 11.0. The molecule has 120 valence electrons. The van der Waals surface area contributed by atoms with Crippen molar-refractivity contribution in [3.8, 4) is 0 Å². The van der Waals surface area contributed by atoms with Gasteiger partial charge in [-0.05, 0) is 42.2 Å². The van der Waals surface area contributed by atoms with Gasteiger partial charge in [0.05, 0.1) is 5.69 Å². The van der Waals surface area contributed by atoms with Gasteiger partial charge in [-0.15, -0.1) is 0 Å². The molecule has 4 nitrogen and oxygen atoms in total. The number of carbonyl (C=O) groups excluding carboxylic acids is 2. The number of halogens is 1. The maximum absolute atomic E-state index is 13.6. The second kappa shape index (κ2) is 7.78. The van der Waals surface area contributed by atoms with Crippen LogP contribution in [0.2, 0.25) is 0 Å². The van der Waals surface area contributed by atoms with Gasteiger partial charge in [0.1, 0.15) is 5.82 Å². The van der Waals surface area contributed by atoms with E-state index in [1.807, 2.05) is 30.5 Å². The molecule has 2 aromatic rings. The lowest BCUT2D eigenvalue weighted by molar-refractivity contribution is -0.114. The molecule has 2 rings (SSSR count). The second-order valence-corrected chi connectivity index (χ2v) is 5.83. The highest BCUT2D eigenvalue weighted by Gasteiger charge is 2.11. The molecule has 0 saturated carbocycles. The summed E-state index contributed by atoms with van der Waals surface area (Å²) >= 11 is 1.72. The molecule has 6 heteroatoms.